The highest BCUT2D eigenvalue weighted by Gasteiger charge is 2.23. The number of nitrogens with zero attached hydrogens (tertiary/aromatic N) is 3. The van der Waals surface area contributed by atoms with Crippen LogP contribution in [-0.4, -0.2) is 66.1 Å². The molecule has 0 radical (unpaired) electrons. The van der Waals surface area contributed by atoms with Gasteiger partial charge >= 0.3 is 11.9 Å². The van der Waals surface area contributed by atoms with E-state index in [1.54, 1.807) is 37.6 Å². The van der Waals surface area contributed by atoms with Crippen LogP contribution in [-0.2, 0) is 36.7 Å². The topological polar surface area (TPSA) is 117 Å². The van der Waals surface area contributed by atoms with E-state index < -0.39 is 18.1 Å². The Morgan fingerprint density at radius 1 is 0.810 bits per heavy atom. The maximum atomic E-state index is 12.3. The predicted molar refractivity (Wildman–Crippen MR) is 164 cm³/mol. The zero-order chi connectivity index (χ0) is 31.8. The molecule has 0 spiro atoms. The third-order valence-corrected chi connectivity index (χ3v) is 6.84. The average Bonchev–Trinajstić information content (AvgIpc) is 2.92. The van der Waals surface area contributed by atoms with Crippen LogP contribution >= 0.6 is 0 Å². The number of pyridine rings is 2. The number of hydrogen-bond donors (Lipinski definition) is 0. The summed E-state index contributed by atoms with van der Waals surface area (Å²) in [7, 11) is 4.04. The summed E-state index contributed by atoms with van der Waals surface area (Å²) in [5.41, 5.74) is 3.20. The van der Waals surface area contributed by atoms with Gasteiger partial charge in [-0.3, -0.25) is 9.59 Å². The van der Waals surface area contributed by atoms with E-state index in [9.17, 15) is 24.0 Å². The fourth-order valence-electron chi connectivity index (χ4n) is 4.53. The molecule has 0 aromatic carbocycles. The summed E-state index contributed by atoms with van der Waals surface area (Å²) in [6.07, 6.45) is 8.01. The summed E-state index contributed by atoms with van der Waals surface area (Å²) >= 11 is 0. The Labute approximate surface area is 249 Å². The molecule has 0 saturated carbocycles. The van der Waals surface area contributed by atoms with Crippen LogP contribution in [0.1, 0.15) is 87.7 Å². The molecular weight excluding hydrogens is 538 g/mol. The van der Waals surface area contributed by atoms with E-state index in [-0.39, 0.29) is 30.1 Å². The van der Waals surface area contributed by atoms with Crippen LogP contribution in [0.2, 0.25) is 0 Å². The zero-order valence-electron chi connectivity index (χ0n) is 26.6. The van der Waals surface area contributed by atoms with E-state index in [2.05, 4.69) is 4.90 Å². The molecule has 0 amide bonds. The number of aryl methyl sites for hydroxylation is 2. The van der Waals surface area contributed by atoms with Crippen molar-refractivity contribution in [3.05, 3.63) is 67.5 Å². The first-order chi connectivity index (χ1) is 19.9. The highest BCUT2D eigenvalue weighted by atomic mass is 16.5. The van der Waals surface area contributed by atoms with Crippen molar-refractivity contribution in [2.45, 2.75) is 92.2 Å². The number of hydrogen-bond acceptors (Lipinski definition) is 8. The second kappa shape index (κ2) is 18.8. The van der Waals surface area contributed by atoms with Crippen LogP contribution < -0.4 is 11.1 Å². The molecule has 10 heteroatoms. The lowest BCUT2D eigenvalue weighted by molar-refractivity contribution is -0.148. The number of likely N-dealkylation sites (N-methyl/N-ethyl adjacent to an activating group) is 1. The highest BCUT2D eigenvalue weighted by molar-refractivity contribution is 5.74. The quantitative estimate of drug-likeness (QED) is 0.227. The first-order valence-electron chi connectivity index (χ1n) is 14.8. The second-order valence-electron chi connectivity index (χ2n) is 10.5. The Bertz CT molecular complexity index is 1280. The zero-order valence-corrected chi connectivity index (χ0v) is 26.6. The van der Waals surface area contributed by atoms with Crippen molar-refractivity contribution in [3.8, 4) is 0 Å². The monoisotopic (exact) mass is 587 g/mol. The molecule has 2 aromatic heterocycles. The average molecular weight is 588 g/mol. The van der Waals surface area contributed by atoms with Crippen LogP contribution in [0.5, 0.6) is 0 Å². The van der Waals surface area contributed by atoms with Gasteiger partial charge in [-0.1, -0.05) is 26.7 Å². The van der Waals surface area contributed by atoms with Crippen molar-refractivity contribution in [2.75, 3.05) is 33.9 Å². The van der Waals surface area contributed by atoms with Gasteiger partial charge in [-0.25, -0.2) is 9.59 Å². The molecule has 2 aromatic rings. The molecular formula is C32H49N3O7. The van der Waals surface area contributed by atoms with E-state index in [4.69, 9.17) is 9.47 Å². The molecule has 0 aliphatic rings. The maximum Gasteiger partial charge on any atom is 0.329 e. The van der Waals surface area contributed by atoms with Gasteiger partial charge in [0, 0.05) is 37.5 Å². The number of aromatic nitrogens is 2. The van der Waals surface area contributed by atoms with Crippen molar-refractivity contribution in [3.63, 3.8) is 0 Å². The van der Waals surface area contributed by atoms with Gasteiger partial charge in [0.2, 0.25) is 0 Å². The summed E-state index contributed by atoms with van der Waals surface area (Å²) in [5.74, 6) is -0.730. The maximum absolute atomic E-state index is 12.3. The molecule has 0 aliphatic carbocycles. The largest absolute Gasteiger partial charge is 0.464 e. The standard InChI is InChI=1S/C17H28N2O3.C15H21NO4/c1-6-8-15(17(21)22-7-2)19-12-14(9-10-18(4)5)13(3)11-16(19)20;1-4-6-13(15(19)20-5-2)16-10-12(7-8-17)11(3)9-14(16)18/h11-12,15H,6-10H2,1-5H3;8-10,13H,4-7H2,1-3H3. The Kier molecular flexibility index (Phi) is 16.3. The molecule has 2 heterocycles. The lowest BCUT2D eigenvalue weighted by Crippen LogP contribution is -2.31. The van der Waals surface area contributed by atoms with Gasteiger partial charge in [0.25, 0.3) is 11.1 Å². The molecule has 2 atom stereocenters. The van der Waals surface area contributed by atoms with Gasteiger partial charge in [-0.05, 0) is 83.3 Å². The minimum atomic E-state index is -0.626. The molecule has 2 rings (SSSR count). The normalized spacial score (nSPS) is 12.2. The molecule has 0 saturated heterocycles. The van der Waals surface area contributed by atoms with Gasteiger partial charge < -0.3 is 28.3 Å². The molecule has 10 nitrogen and oxygen atoms in total. The van der Waals surface area contributed by atoms with E-state index in [1.165, 1.54) is 10.6 Å². The van der Waals surface area contributed by atoms with E-state index in [0.29, 0.717) is 19.4 Å². The third kappa shape index (κ3) is 11.0. The Hall–Kier alpha value is -3.53. The smallest absolute Gasteiger partial charge is 0.329 e. The fourth-order valence-corrected chi connectivity index (χ4v) is 4.53. The molecule has 0 bridgehead atoms. The van der Waals surface area contributed by atoms with Crippen LogP contribution in [0.3, 0.4) is 0 Å². The van der Waals surface area contributed by atoms with Crippen LogP contribution in [0.25, 0.3) is 0 Å². The summed E-state index contributed by atoms with van der Waals surface area (Å²) < 4.78 is 13.1. The van der Waals surface area contributed by atoms with Crippen molar-refractivity contribution < 1.29 is 23.9 Å². The first kappa shape index (κ1) is 36.5. The number of aldehydes is 1. The van der Waals surface area contributed by atoms with Gasteiger partial charge in [-0.2, -0.15) is 0 Å². The summed E-state index contributed by atoms with van der Waals surface area (Å²) in [4.78, 5) is 61.3. The van der Waals surface area contributed by atoms with Crippen molar-refractivity contribution >= 4 is 18.2 Å². The highest BCUT2D eigenvalue weighted by Crippen LogP contribution is 2.18. The van der Waals surface area contributed by atoms with Crippen molar-refractivity contribution in [1.29, 1.82) is 0 Å². The molecule has 0 N–H and O–H groups in total. The Morgan fingerprint density at radius 2 is 1.24 bits per heavy atom. The van der Waals surface area contributed by atoms with Gasteiger partial charge in [0.15, 0.2) is 0 Å². The van der Waals surface area contributed by atoms with E-state index in [0.717, 1.165) is 54.3 Å². The Balaban J connectivity index is 0.000000422. The minimum Gasteiger partial charge on any atom is -0.464 e. The number of rotatable bonds is 15. The van der Waals surface area contributed by atoms with Crippen molar-refractivity contribution in [2.24, 2.45) is 0 Å². The van der Waals surface area contributed by atoms with Gasteiger partial charge in [0.1, 0.15) is 18.4 Å². The SMILES string of the molecule is CCCC(C(=O)OCC)n1cc(CC=O)c(C)cc1=O.CCCC(C(=O)OCC)n1cc(CCN(C)C)c(C)cc1=O. The Morgan fingerprint density at radius 3 is 1.62 bits per heavy atom. The van der Waals surface area contributed by atoms with Crippen LogP contribution in [0, 0.1) is 13.8 Å². The molecule has 42 heavy (non-hydrogen) atoms. The van der Waals surface area contributed by atoms with Gasteiger partial charge in [0.05, 0.1) is 13.2 Å². The molecule has 2 unspecified atom stereocenters. The molecule has 0 fully saturated rings. The number of carbonyl (C=O) groups is 3. The van der Waals surface area contributed by atoms with Crippen LogP contribution in [0.4, 0.5) is 0 Å². The summed E-state index contributed by atoms with van der Waals surface area (Å²) in [6.45, 7) is 12.7. The number of carbonyl (C=O) groups excluding carboxylic acids is 3. The van der Waals surface area contributed by atoms with E-state index in [1.807, 2.05) is 41.1 Å². The minimum absolute atomic E-state index is 0.141. The van der Waals surface area contributed by atoms with Gasteiger partial charge in [-0.15, -0.1) is 0 Å². The fraction of sp³-hybridized carbons (Fsp3) is 0.594. The second-order valence-corrected chi connectivity index (χ2v) is 10.5. The first-order valence-corrected chi connectivity index (χ1v) is 14.8. The van der Waals surface area contributed by atoms with E-state index >= 15 is 0 Å². The summed E-state index contributed by atoms with van der Waals surface area (Å²) in [5, 5.41) is 0. The summed E-state index contributed by atoms with van der Waals surface area (Å²) in [6, 6.07) is 1.92. The van der Waals surface area contributed by atoms with Crippen LogP contribution in [0.15, 0.2) is 34.1 Å². The number of esters is 2. The predicted octanol–water partition coefficient (Wildman–Crippen LogP) is 3.97. The third-order valence-electron chi connectivity index (χ3n) is 6.84. The number of ether oxygens (including phenoxy) is 2. The molecule has 0 aliphatic heterocycles. The lowest BCUT2D eigenvalue weighted by Gasteiger charge is -2.20. The van der Waals surface area contributed by atoms with Crippen molar-refractivity contribution in [1.82, 2.24) is 14.0 Å². The molecule has 234 valence electrons. The lowest BCUT2D eigenvalue weighted by atomic mass is 10.1.